The molecule has 1 aromatic carbocycles. The molecule has 0 radical (unpaired) electrons. The maximum absolute atomic E-state index is 12.6. The number of amides is 1. The van der Waals surface area contributed by atoms with Crippen molar-refractivity contribution < 1.29 is 9.53 Å². The lowest BCUT2D eigenvalue weighted by Gasteiger charge is -2.34. The van der Waals surface area contributed by atoms with Crippen molar-refractivity contribution in [1.29, 1.82) is 0 Å². The van der Waals surface area contributed by atoms with Crippen molar-refractivity contribution in [2.45, 2.75) is 18.6 Å². The van der Waals surface area contributed by atoms with E-state index in [9.17, 15) is 4.79 Å². The molecule has 1 aliphatic rings. The van der Waals surface area contributed by atoms with Gasteiger partial charge in [-0.15, -0.1) is 10.2 Å². The van der Waals surface area contributed by atoms with Crippen LogP contribution in [-0.4, -0.2) is 76.6 Å². The lowest BCUT2D eigenvalue weighted by atomic mass is 10.2. The summed E-state index contributed by atoms with van der Waals surface area (Å²) >= 11 is 1.36. The zero-order valence-electron chi connectivity index (χ0n) is 19.2. The molecule has 0 atom stereocenters. The maximum Gasteiger partial charge on any atom is 0.230 e. The van der Waals surface area contributed by atoms with Gasteiger partial charge in [0, 0.05) is 50.2 Å². The van der Waals surface area contributed by atoms with E-state index in [-0.39, 0.29) is 11.7 Å². The van der Waals surface area contributed by atoms with Gasteiger partial charge in [0.1, 0.15) is 17.4 Å². The van der Waals surface area contributed by atoms with Gasteiger partial charge in [-0.2, -0.15) is 0 Å². The number of aromatic nitrogens is 4. The second-order valence-corrected chi connectivity index (χ2v) is 8.85. The van der Waals surface area contributed by atoms with Crippen LogP contribution in [0.2, 0.25) is 0 Å². The van der Waals surface area contributed by atoms with Crippen LogP contribution in [-0.2, 0) is 11.3 Å². The van der Waals surface area contributed by atoms with E-state index >= 15 is 0 Å². The van der Waals surface area contributed by atoms with Crippen LogP contribution in [0.3, 0.4) is 0 Å². The lowest BCUT2D eigenvalue weighted by molar-refractivity contribution is -0.118. The number of aryl methyl sites for hydroxylation is 1. The fourth-order valence-electron chi connectivity index (χ4n) is 3.71. The Bertz CT molecular complexity index is 1080. The number of methoxy groups -OCH3 is 1. The van der Waals surface area contributed by atoms with Gasteiger partial charge in [0.25, 0.3) is 0 Å². The molecule has 3 aromatic rings. The third-order valence-corrected chi connectivity index (χ3v) is 6.53. The molecule has 0 aliphatic carbocycles. The summed E-state index contributed by atoms with van der Waals surface area (Å²) in [6, 6.07) is 11.6. The first-order valence-electron chi connectivity index (χ1n) is 10.9. The first-order valence-corrected chi connectivity index (χ1v) is 11.9. The Morgan fingerprint density at radius 1 is 1.12 bits per heavy atom. The van der Waals surface area contributed by atoms with Crippen LogP contribution in [0.4, 0.5) is 5.82 Å². The average molecular weight is 468 g/mol. The number of nitrogens with zero attached hydrogens (tertiary/aromatic N) is 6. The smallest absolute Gasteiger partial charge is 0.230 e. The summed E-state index contributed by atoms with van der Waals surface area (Å²) in [7, 11) is 3.77. The molecule has 1 aliphatic heterocycles. The molecule has 0 spiro atoms. The summed E-state index contributed by atoms with van der Waals surface area (Å²) < 4.78 is 7.17. The van der Waals surface area contributed by atoms with Crippen molar-refractivity contribution >= 4 is 23.5 Å². The molecule has 9 nitrogen and oxygen atoms in total. The minimum Gasteiger partial charge on any atom is -0.497 e. The lowest BCUT2D eigenvalue weighted by Crippen LogP contribution is -2.45. The first-order chi connectivity index (χ1) is 16.0. The van der Waals surface area contributed by atoms with Crippen molar-refractivity contribution in [1.82, 2.24) is 30.0 Å². The Labute approximate surface area is 198 Å². The number of anilines is 1. The van der Waals surface area contributed by atoms with Gasteiger partial charge in [-0.1, -0.05) is 17.8 Å². The number of piperazine rings is 1. The number of likely N-dealkylation sites (N-methyl/N-ethyl adjacent to an activating group) is 1. The first kappa shape index (κ1) is 23.1. The summed E-state index contributed by atoms with van der Waals surface area (Å²) in [6.45, 7) is 6.22. The molecule has 3 heterocycles. The average Bonchev–Trinajstić information content (AvgIpc) is 3.22. The monoisotopic (exact) mass is 467 g/mol. The molecule has 33 heavy (non-hydrogen) atoms. The second kappa shape index (κ2) is 10.7. The van der Waals surface area contributed by atoms with Crippen LogP contribution in [0.15, 0.2) is 47.8 Å². The van der Waals surface area contributed by atoms with Gasteiger partial charge in [0.15, 0.2) is 5.16 Å². The molecule has 2 aromatic heterocycles. The zero-order chi connectivity index (χ0) is 23.2. The zero-order valence-corrected chi connectivity index (χ0v) is 20.0. The van der Waals surface area contributed by atoms with Crippen LogP contribution in [0.5, 0.6) is 5.75 Å². The van der Waals surface area contributed by atoms with Crippen LogP contribution >= 0.6 is 11.8 Å². The number of pyridine rings is 1. The highest BCUT2D eigenvalue weighted by Gasteiger charge is 2.18. The second-order valence-electron chi connectivity index (χ2n) is 7.91. The van der Waals surface area contributed by atoms with E-state index in [0.717, 1.165) is 54.8 Å². The van der Waals surface area contributed by atoms with Gasteiger partial charge in [-0.3, -0.25) is 9.36 Å². The van der Waals surface area contributed by atoms with Crippen molar-refractivity contribution in [3.05, 3.63) is 54.0 Å². The Morgan fingerprint density at radius 3 is 2.61 bits per heavy atom. The van der Waals surface area contributed by atoms with Crippen molar-refractivity contribution in [3.8, 4) is 11.4 Å². The quantitative estimate of drug-likeness (QED) is 0.504. The van der Waals surface area contributed by atoms with E-state index < -0.39 is 0 Å². The molecule has 4 rings (SSSR count). The molecule has 0 bridgehead atoms. The fraction of sp³-hybridized carbons (Fsp3) is 0.391. The van der Waals surface area contributed by atoms with E-state index in [1.165, 1.54) is 11.8 Å². The molecule has 0 saturated carbocycles. The standard InChI is InChI=1S/C23H29N7O2S/c1-17-26-27-23(30(17)19-6-8-20(32-3)9-7-19)33-16-21(31)25-15-18-5-4-10-24-22(18)29-13-11-28(2)12-14-29/h4-10H,11-16H2,1-3H3,(H,25,31). The number of hydrogen-bond donors (Lipinski definition) is 1. The van der Waals surface area contributed by atoms with Crippen LogP contribution in [0, 0.1) is 6.92 Å². The Kier molecular flexibility index (Phi) is 7.46. The van der Waals surface area contributed by atoms with Gasteiger partial charge in [0.05, 0.1) is 12.9 Å². The van der Waals surface area contributed by atoms with Gasteiger partial charge in [0.2, 0.25) is 5.91 Å². The maximum atomic E-state index is 12.6. The third kappa shape index (κ3) is 5.63. The predicted molar refractivity (Wildman–Crippen MR) is 129 cm³/mol. The molecule has 10 heteroatoms. The number of hydrogen-bond acceptors (Lipinski definition) is 8. The highest BCUT2D eigenvalue weighted by Crippen LogP contribution is 2.24. The third-order valence-electron chi connectivity index (χ3n) is 5.60. The summed E-state index contributed by atoms with van der Waals surface area (Å²) in [6.07, 6.45) is 1.81. The topological polar surface area (TPSA) is 88.4 Å². The summed E-state index contributed by atoms with van der Waals surface area (Å²) in [4.78, 5) is 21.8. The SMILES string of the molecule is COc1ccc(-n2c(C)nnc2SCC(=O)NCc2cccnc2N2CCN(C)CC2)cc1. The van der Waals surface area contributed by atoms with E-state index in [2.05, 4.69) is 37.3 Å². The summed E-state index contributed by atoms with van der Waals surface area (Å²) in [5.74, 6) is 2.68. The Balaban J connectivity index is 1.36. The molecule has 174 valence electrons. The Morgan fingerprint density at radius 2 is 1.88 bits per heavy atom. The molecule has 0 unspecified atom stereocenters. The van der Waals surface area contributed by atoms with Gasteiger partial charge in [-0.25, -0.2) is 4.98 Å². The van der Waals surface area contributed by atoms with E-state index in [4.69, 9.17) is 4.74 Å². The molecule has 1 saturated heterocycles. The molecule has 1 fully saturated rings. The van der Waals surface area contributed by atoms with E-state index in [1.807, 2.05) is 54.1 Å². The molecular weight excluding hydrogens is 438 g/mol. The van der Waals surface area contributed by atoms with Crippen LogP contribution in [0.1, 0.15) is 11.4 Å². The molecule has 1 N–H and O–H groups in total. The van der Waals surface area contributed by atoms with Crippen LogP contribution < -0.4 is 15.0 Å². The largest absolute Gasteiger partial charge is 0.497 e. The van der Waals surface area contributed by atoms with Crippen molar-refractivity contribution in [2.24, 2.45) is 0 Å². The summed E-state index contributed by atoms with van der Waals surface area (Å²) in [5, 5.41) is 12.1. The van der Waals surface area contributed by atoms with Gasteiger partial charge >= 0.3 is 0 Å². The highest BCUT2D eigenvalue weighted by atomic mass is 32.2. The van der Waals surface area contributed by atoms with Gasteiger partial charge < -0.3 is 19.9 Å². The normalized spacial score (nSPS) is 14.3. The minimum absolute atomic E-state index is 0.0601. The van der Waals surface area contributed by atoms with Crippen LogP contribution in [0.25, 0.3) is 5.69 Å². The Hall–Kier alpha value is -3.11. The number of ether oxygens (including phenoxy) is 1. The van der Waals surface area contributed by atoms with Gasteiger partial charge in [-0.05, 0) is 44.3 Å². The predicted octanol–water partition coefficient (Wildman–Crippen LogP) is 2.14. The molecule has 1 amide bonds. The number of thioether (sulfide) groups is 1. The number of carbonyl (C=O) groups is 1. The number of carbonyl (C=O) groups excluding carboxylic acids is 1. The van der Waals surface area contributed by atoms with E-state index in [0.29, 0.717) is 11.7 Å². The number of rotatable bonds is 8. The van der Waals surface area contributed by atoms with E-state index in [1.54, 1.807) is 7.11 Å². The highest BCUT2D eigenvalue weighted by molar-refractivity contribution is 7.99. The fourth-order valence-corrected chi connectivity index (χ4v) is 4.54. The van der Waals surface area contributed by atoms with Crippen molar-refractivity contribution in [2.75, 3.05) is 51.0 Å². The summed E-state index contributed by atoms with van der Waals surface area (Å²) in [5.41, 5.74) is 1.95. The molecular formula is C23H29N7O2S. The minimum atomic E-state index is -0.0601. The number of nitrogens with one attached hydrogen (secondary N) is 1. The van der Waals surface area contributed by atoms with Crippen molar-refractivity contribution in [3.63, 3.8) is 0 Å². The number of benzene rings is 1.